The quantitative estimate of drug-likeness (QED) is 0.0291. The predicted molar refractivity (Wildman–Crippen MR) is 203 cm³/mol. The monoisotopic (exact) mass is 717 g/mol. The Bertz CT molecular complexity index is 818. The van der Waals surface area contributed by atoms with Crippen LogP contribution in [-0.2, 0) is 32.7 Å². The number of phosphoric ester groups is 1. The molecule has 8 nitrogen and oxygen atoms in total. The molecule has 0 bridgehead atoms. The zero-order valence-corrected chi connectivity index (χ0v) is 33.0. The van der Waals surface area contributed by atoms with E-state index in [2.05, 4.69) is 26.0 Å². The highest BCUT2D eigenvalue weighted by Gasteiger charge is 2.25. The lowest BCUT2D eigenvalue weighted by Crippen LogP contribution is -2.29. The van der Waals surface area contributed by atoms with Gasteiger partial charge < -0.3 is 14.4 Å². The number of ether oxygens (including phenoxy) is 2. The second kappa shape index (κ2) is 36.6. The summed E-state index contributed by atoms with van der Waals surface area (Å²) in [5, 5.41) is 0. The first-order chi connectivity index (χ1) is 23.8. The topological polar surface area (TPSA) is 108 Å². The van der Waals surface area contributed by atoms with E-state index < -0.39 is 19.9 Å². The first-order valence-electron chi connectivity index (χ1n) is 20.5. The van der Waals surface area contributed by atoms with Gasteiger partial charge in [0.2, 0.25) is 0 Å². The predicted octanol–water partition coefficient (Wildman–Crippen LogP) is 12.5. The first-order valence-corrected chi connectivity index (χ1v) is 22.0. The van der Waals surface area contributed by atoms with Crippen LogP contribution in [0.2, 0.25) is 0 Å². The van der Waals surface area contributed by atoms with Gasteiger partial charge in [-0.1, -0.05) is 161 Å². The summed E-state index contributed by atoms with van der Waals surface area (Å²) in [6, 6.07) is 0. The van der Waals surface area contributed by atoms with Crippen LogP contribution in [0.4, 0.5) is 0 Å². The lowest BCUT2D eigenvalue weighted by atomic mass is 10.0. The van der Waals surface area contributed by atoms with E-state index in [1.54, 1.807) is 0 Å². The van der Waals surface area contributed by atoms with Crippen LogP contribution in [0.3, 0.4) is 0 Å². The van der Waals surface area contributed by atoms with Gasteiger partial charge in [-0.25, -0.2) is 4.57 Å². The van der Waals surface area contributed by atoms with Crippen molar-refractivity contribution >= 4 is 19.8 Å². The average Bonchev–Trinajstić information content (AvgIpc) is 3.08. The summed E-state index contributed by atoms with van der Waals surface area (Å²) in [6.45, 7) is 5.78. The van der Waals surface area contributed by atoms with E-state index in [1.165, 1.54) is 109 Å². The number of carbonyl (C=O) groups is 2. The minimum absolute atomic E-state index is 0.0713. The van der Waals surface area contributed by atoms with E-state index in [1.807, 2.05) is 6.92 Å². The summed E-state index contributed by atoms with van der Waals surface area (Å²) in [6.07, 6.45) is 36.0. The third-order valence-electron chi connectivity index (χ3n) is 8.74. The number of unbranched alkanes of at least 4 members (excludes halogenated alkanes) is 23. The van der Waals surface area contributed by atoms with Crippen LogP contribution in [0.25, 0.3) is 0 Å². The molecule has 0 heterocycles. The second-order valence-corrected chi connectivity index (χ2v) is 15.2. The normalized spacial score (nSPS) is 13.5. The molecule has 0 aromatic carbocycles. The molecule has 0 rings (SSSR count). The van der Waals surface area contributed by atoms with Gasteiger partial charge in [-0.05, 0) is 44.9 Å². The van der Waals surface area contributed by atoms with Gasteiger partial charge in [-0.3, -0.25) is 18.6 Å². The van der Waals surface area contributed by atoms with Gasteiger partial charge in [0.05, 0.1) is 13.2 Å². The van der Waals surface area contributed by atoms with E-state index in [0.717, 1.165) is 51.4 Å². The fraction of sp³-hybridized carbons (Fsp3) is 0.900. The number of carbonyl (C=O) groups excluding carboxylic acids is 2. The Hall–Kier alpha value is -1.21. The standard InChI is InChI=1S/C40H77O8P/c1-4-7-9-11-13-15-17-19-20-22-24-26-28-30-32-34-40(42)48-38(37-47-49(43,44)46-35-6-3)36-45-39(41)33-31-29-27-25-23-21-18-16-14-12-10-8-5-2/h19-20,38H,4-18,21-37H2,1-3H3,(H,43,44)/b20-19-/t38-/m1/s1. The molecule has 1 unspecified atom stereocenters. The minimum Gasteiger partial charge on any atom is -0.462 e. The number of rotatable bonds is 38. The number of hydrogen-bond donors (Lipinski definition) is 1. The average molecular weight is 717 g/mol. The molecule has 0 fully saturated rings. The van der Waals surface area contributed by atoms with Crippen LogP contribution in [-0.4, -0.2) is 42.8 Å². The maximum absolute atomic E-state index is 12.5. The molecule has 0 saturated heterocycles. The zero-order valence-electron chi connectivity index (χ0n) is 32.1. The number of esters is 2. The van der Waals surface area contributed by atoms with Gasteiger partial charge in [0, 0.05) is 12.8 Å². The largest absolute Gasteiger partial charge is 0.472 e. The minimum atomic E-state index is -4.29. The van der Waals surface area contributed by atoms with E-state index in [0.29, 0.717) is 19.3 Å². The number of hydrogen-bond acceptors (Lipinski definition) is 7. The molecule has 49 heavy (non-hydrogen) atoms. The Morgan fingerprint density at radius 3 is 1.39 bits per heavy atom. The Morgan fingerprint density at radius 2 is 0.939 bits per heavy atom. The SMILES string of the molecule is CCCCCCCC/C=C\CCCCCCCC(=O)O[C@H](COC(=O)CCCCCCCCCCCCCCC)COP(=O)(O)OCCC. The van der Waals surface area contributed by atoms with Crippen LogP contribution in [0.1, 0.15) is 207 Å². The van der Waals surface area contributed by atoms with Gasteiger partial charge in [-0.15, -0.1) is 0 Å². The van der Waals surface area contributed by atoms with Gasteiger partial charge in [0.1, 0.15) is 6.61 Å². The van der Waals surface area contributed by atoms with Crippen molar-refractivity contribution in [3.05, 3.63) is 12.2 Å². The number of phosphoric acid groups is 1. The Kier molecular flexibility index (Phi) is 35.7. The second-order valence-electron chi connectivity index (χ2n) is 13.7. The molecule has 0 radical (unpaired) electrons. The van der Waals surface area contributed by atoms with Crippen LogP contribution in [0, 0.1) is 0 Å². The summed E-state index contributed by atoms with van der Waals surface area (Å²) in [7, 11) is -4.29. The molecule has 0 saturated carbocycles. The van der Waals surface area contributed by atoms with Crippen LogP contribution in [0.5, 0.6) is 0 Å². The smallest absolute Gasteiger partial charge is 0.462 e. The summed E-state index contributed by atoms with van der Waals surface area (Å²) in [4.78, 5) is 34.8. The highest BCUT2D eigenvalue weighted by atomic mass is 31.2. The van der Waals surface area contributed by atoms with Gasteiger partial charge in [0.25, 0.3) is 0 Å². The fourth-order valence-corrected chi connectivity index (χ4v) is 6.51. The molecule has 0 amide bonds. The molecule has 290 valence electrons. The lowest BCUT2D eigenvalue weighted by molar-refractivity contribution is -0.161. The van der Waals surface area contributed by atoms with Crippen molar-refractivity contribution < 1.29 is 37.6 Å². The molecule has 1 N–H and O–H groups in total. The summed E-state index contributed by atoms with van der Waals surface area (Å²) in [5.74, 6) is -0.795. The number of allylic oxidation sites excluding steroid dienone is 2. The highest BCUT2D eigenvalue weighted by Crippen LogP contribution is 2.43. The summed E-state index contributed by atoms with van der Waals surface area (Å²) >= 11 is 0. The van der Waals surface area contributed by atoms with Gasteiger partial charge in [-0.2, -0.15) is 0 Å². The Balaban J connectivity index is 4.19. The molecule has 2 atom stereocenters. The molecule has 0 aliphatic heterocycles. The van der Waals surface area contributed by atoms with E-state index in [-0.39, 0.29) is 32.2 Å². The van der Waals surface area contributed by atoms with Crippen LogP contribution in [0.15, 0.2) is 12.2 Å². The molecule has 0 spiro atoms. The third-order valence-corrected chi connectivity index (χ3v) is 9.72. The summed E-state index contributed by atoms with van der Waals surface area (Å²) < 4.78 is 33.0. The van der Waals surface area contributed by atoms with Crippen molar-refractivity contribution in [1.29, 1.82) is 0 Å². The summed E-state index contributed by atoms with van der Waals surface area (Å²) in [5.41, 5.74) is 0. The van der Waals surface area contributed by atoms with Crippen molar-refractivity contribution in [2.75, 3.05) is 19.8 Å². The molecule has 0 aromatic heterocycles. The molecule has 9 heteroatoms. The van der Waals surface area contributed by atoms with E-state index in [9.17, 15) is 19.0 Å². The Morgan fingerprint density at radius 1 is 0.531 bits per heavy atom. The van der Waals surface area contributed by atoms with E-state index >= 15 is 0 Å². The van der Waals surface area contributed by atoms with Crippen molar-refractivity contribution in [3.8, 4) is 0 Å². The maximum atomic E-state index is 12.5. The van der Waals surface area contributed by atoms with Crippen molar-refractivity contribution in [2.24, 2.45) is 0 Å². The zero-order chi connectivity index (χ0) is 36.1. The highest BCUT2D eigenvalue weighted by molar-refractivity contribution is 7.47. The van der Waals surface area contributed by atoms with E-state index in [4.69, 9.17) is 18.5 Å². The van der Waals surface area contributed by atoms with Gasteiger partial charge in [0.15, 0.2) is 6.10 Å². The molecular weight excluding hydrogens is 639 g/mol. The lowest BCUT2D eigenvalue weighted by Gasteiger charge is -2.20. The third kappa shape index (κ3) is 36.4. The fourth-order valence-electron chi connectivity index (χ4n) is 5.67. The molecule has 0 aliphatic rings. The maximum Gasteiger partial charge on any atom is 0.472 e. The first kappa shape index (κ1) is 47.8. The van der Waals surface area contributed by atoms with Gasteiger partial charge >= 0.3 is 19.8 Å². The van der Waals surface area contributed by atoms with Crippen LogP contribution >= 0.6 is 7.82 Å². The van der Waals surface area contributed by atoms with Crippen molar-refractivity contribution in [2.45, 2.75) is 213 Å². The molecular formula is C40H77O8P. The molecule has 0 aliphatic carbocycles. The van der Waals surface area contributed by atoms with Crippen molar-refractivity contribution in [3.63, 3.8) is 0 Å². The Labute approximate surface area is 301 Å². The molecule has 0 aromatic rings. The van der Waals surface area contributed by atoms with Crippen LogP contribution < -0.4 is 0 Å². The van der Waals surface area contributed by atoms with Crippen molar-refractivity contribution in [1.82, 2.24) is 0 Å².